The van der Waals surface area contributed by atoms with Crippen LogP contribution in [0.4, 0.5) is 4.39 Å². The lowest BCUT2D eigenvalue weighted by atomic mass is 10.2. The van der Waals surface area contributed by atoms with Crippen molar-refractivity contribution >= 4 is 0 Å². The van der Waals surface area contributed by atoms with Crippen LogP contribution in [0.2, 0.25) is 0 Å². The van der Waals surface area contributed by atoms with E-state index in [4.69, 9.17) is 0 Å². The second-order valence-electron chi connectivity index (χ2n) is 4.94. The van der Waals surface area contributed by atoms with Crippen LogP contribution >= 0.6 is 0 Å². The van der Waals surface area contributed by atoms with Gasteiger partial charge in [0.05, 0.1) is 0 Å². The number of benzene rings is 1. The first-order valence-corrected chi connectivity index (χ1v) is 6.40. The van der Waals surface area contributed by atoms with Crippen LogP contribution in [0.25, 0.3) is 5.69 Å². The third-order valence-electron chi connectivity index (χ3n) is 2.83. The molecule has 0 aliphatic rings. The van der Waals surface area contributed by atoms with E-state index in [0.717, 1.165) is 5.56 Å². The summed E-state index contributed by atoms with van der Waals surface area (Å²) in [6, 6.07) is 5.57. The van der Waals surface area contributed by atoms with Crippen molar-refractivity contribution in [3.63, 3.8) is 0 Å². The first-order valence-electron chi connectivity index (χ1n) is 6.40. The molecule has 0 spiro atoms. The molecule has 1 aromatic carbocycles. The molecule has 1 N–H and O–H groups in total. The van der Waals surface area contributed by atoms with Gasteiger partial charge >= 0.3 is 0 Å². The van der Waals surface area contributed by atoms with Crippen LogP contribution in [-0.4, -0.2) is 20.8 Å². The second-order valence-corrected chi connectivity index (χ2v) is 4.94. The van der Waals surface area contributed by atoms with Gasteiger partial charge in [0.1, 0.15) is 23.2 Å². The Morgan fingerprint density at radius 2 is 2.05 bits per heavy atom. The largest absolute Gasteiger partial charge is 0.310 e. The molecule has 0 unspecified atom stereocenters. The molecule has 0 amide bonds. The number of aromatic nitrogens is 3. The van der Waals surface area contributed by atoms with E-state index in [1.165, 1.54) is 4.68 Å². The second kappa shape index (κ2) is 5.48. The SMILES string of the molecule is Cc1nc(C)n(-c2ccc(CNC(C)C)cc2F)n1. The Hall–Kier alpha value is -1.75. The minimum Gasteiger partial charge on any atom is -0.310 e. The van der Waals surface area contributed by atoms with Gasteiger partial charge in [0, 0.05) is 12.6 Å². The molecule has 4 nitrogen and oxygen atoms in total. The van der Waals surface area contributed by atoms with Crippen molar-refractivity contribution in [2.45, 2.75) is 40.3 Å². The third kappa shape index (κ3) is 3.17. The maximum atomic E-state index is 14.1. The van der Waals surface area contributed by atoms with Crippen LogP contribution in [0.5, 0.6) is 0 Å². The van der Waals surface area contributed by atoms with E-state index < -0.39 is 0 Å². The number of aryl methyl sites for hydroxylation is 2. The summed E-state index contributed by atoms with van der Waals surface area (Å²) in [5.41, 5.74) is 1.36. The van der Waals surface area contributed by atoms with Gasteiger partial charge in [0.25, 0.3) is 0 Å². The summed E-state index contributed by atoms with van der Waals surface area (Å²) in [4.78, 5) is 4.18. The van der Waals surface area contributed by atoms with E-state index in [9.17, 15) is 4.39 Å². The molecule has 0 fully saturated rings. The van der Waals surface area contributed by atoms with Crippen LogP contribution in [0.3, 0.4) is 0 Å². The van der Waals surface area contributed by atoms with Gasteiger partial charge in [-0.25, -0.2) is 14.1 Å². The number of nitrogens with one attached hydrogen (secondary N) is 1. The molecule has 0 saturated heterocycles. The first kappa shape index (κ1) is 13.7. The molecule has 0 bridgehead atoms. The molecule has 5 heteroatoms. The van der Waals surface area contributed by atoms with E-state index in [2.05, 4.69) is 29.2 Å². The van der Waals surface area contributed by atoms with E-state index in [-0.39, 0.29) is 5.82 Å². The van der Waals surface area contributed by atoms with Gasteiger partial charge in [-0.15, -0.1) is 0 Å². The van der Waals surface area contributed by atoms with Gasteiger partial charge in [-0.1, -0.05) is 19.9 Å². The molecular formula is C14H19FN4. The lowest BCUT2D eigenvalue weighted by molar-refractivity contribution is 0.577. The molecule has 2 aromatic rings. The van der Waals surface area contributed by atoms with Crippen molar-refractivity contribution < 1.29 is 4.39 Å². The Morgan fingerprint density at radius 3 is 2.58 bits per heavy atom. The fraction of sp³-hybridized carbons (Fsp3) is 0.429. The molecule has 0 aliphatic heterocycles. The number of rotatable bonds is 4. The third-order valence-corrected chi connectivity index (χ3v) is 2.83. The number of nitrogens with zero attached hydrogens (tertiary/aromatic N) is 3. The summed E-state index contributed by atoms with van der Waals surface area (Å²) in [6.45, 7) is 8.39. The molecule has 102 valence electrons. The van der Waals surface area contributed by atoms with Gasteiger partial charge in [0.2, 0.25) is 0 Å². The predicted molar refractivity (Wildman–Crippen MR) is 72.8 cm³/mol. The zero-order valence-electron chi connectivity index (χ0n) is 11.7. The molecule has 1 aromatic heterocycles. The maximum Gasteiger partial charge on any atom is 0.149 e. The van der Waals surface area contributed by atoms with Gasteiger partial charge in [-0.3, -0.25) is 0 Å². The molecule has 0 atom stereocenters. The summed E-state index contributed by atoms with van der Waals surface area (Å²) in [6.07, 6.45) is 0. The van der Waals surface area contributed by atoms with Crippen molar-refractivity contribution in [3.05, 3.63) is 41.2 Å². The highest BCUT2D eigenvalue weighted by atomic mass is 19.1. The number of halogens is 1. The van der Waals surface area contributed by atoms with Gasteiger partial charge in [-0.2, -0.15) is 5.10 Å². The van der Waals surface area contributed by atoms with Gasteiger partial charge in [0.15, 0.2) is 0 Å². The normalized spacial score (nSPS) is 11.3. The van der Waals surface area contributed by atoms with Gasteiger partial charge < -0.3 is 5.32 Å². The zero-order chi connectivity index (χ0) is 14.0. The van der Waals surface area contributed by atoms with Crippen LogP contribution in [0, 0.1) is 19.7 Å². The fourth-order valence-corrected chi connectivity index (χ4v) is 1.90. The lowest BCUT2D eigenvalue weighted by Crippen LogP contribution is -2.21. The van der Waals surface area contributed by atoms with Crippen molar-refractivity contribution in [2.24, 2.45) is 0 Å². The van der Waals surface area contributed by atoms with Crippen LogP contribution < -0.4 is 5.32 Å². The minimum atomic E-state index is -0.281. The monoisotopic (exact) mass is 262 g/mol. The average Bonchev–Trinajstić information content (AvgIpc) is 2.66. The van der Waals surface area contributed by atoms with E-state index in [0.29, 0.717) is 29.9 Å². The molecular weight excluding hydrogens is 243 g/mol. The fourth-order valence-electron chi connectivity index (χ4n) is 1.90. The zero-order valence-corrected chi connectivity index (χ0v) is 11.7. The Balaban J connectivity index is 2.27. The van der Waals surface area contributed by atoms with E-state index in [1.54, 1.807) is 19.1 Å². The standard InChI is InChI=1S/C14H19FN4/c1-9(2)16-8-12-5-6-14(13(15)7-12)19-11(4)17-10(3)18-19/h5-7,9,16H,8H2,1-4H3. The highest BCUT2D eigenvalue weighted by molar-refractivity contribution is 5.36. The Labute approximate surface area is 112 Å². The van der Waals surface area contributed by atoms with Gasteiger partial charge in [-0.05, 0) is 31.5 Å². The van der Waals surface area contributed by atoms with Crippen molar-refractivity contribution in [2.75, 3.05) is 0 Å². The quantitative estimate of drug-likeness (QED) is 0.920. The molecule has 19 heavy (non-hydrogen) atoms. The van der Waals surface area contributed by atoms with Crippen LogP contribution in [0.1, 0.15) is 31.1 Å². The molecule has 0 aliphatic carbocycles. The van der Waals surface area contributed by atoms with Crippen molar-refractivity contribution in [1.29, 1.82) is 0 Å². The van der Waals surface area contributed by atoms with E-state index in [1.807, 2.05) is 13.0 Å². The molecule has 2 rings (SSSR count). The maximum absolute atomic E-state index is 14.1. The summed E-state index contributed by atoms with van der Waals surface area (Å²) in [5.74, 6) is 1.04. The number of hydrogen-bond acceptors (Lipinski definition) is 3. The minimum absolute atomic E-state index is 0.281. The highest BCUT2D eigenvalue weighted by Crippen LogP contribution is 2.16. The summed E-state index contributed by atoms with van der Waals surface area (Å²) >= 11 is 0. The summed E-state index contributed by atoms with van der Waals surface area (Å²) in [7, 11) is 0. The van der Waals surface area contributed by atoms with Crippen molar-refractivity contribution in [3.8, 4) is 5.69 Å². The van der Waals surface area contributed by atoms with E-state index >= 15 is 0 Å². The average molecular weight is 262 g/mol. The Kier molecular flexibility index (Phi) is 3.95. The smallest absolute Gasteiger partial charge is 0.149 e. The summed E-state index contributed by atoms with van der Waals surface area (Å²) in [5, 5.41) is 7.46. The van der Waals surface area contributed by atoms with Crippen LogP contribution in [-0.2, 0) is 6.54 Å². The highest BCUT2D eigenvalue weighted by Gasteiger charge is 2.10. The molecule has 1 heterocycles. The Morgan fingerprint density at radius 1 is 1.32 bits per heavy atom. The first-order chi connectivity index (χ1) is 8.97. The van der Waals surface area contributed by atoms with Crippen molar-refractivity contribution in [1.82, 2.24) is 20.1 Å². The lowest BCUT2D eigenvalue weighted by Gasteiger charge is -2.10. The molecule has 0 saturated carbocycles. The topological polar surface area (TPSA) is 42.7 Å². The predicted octanol–water partition coefficient (Wildman–Crippen LogP) is 2.52. The number of hydrogen-bond donors (Lipinski definition) is 1. The van der Waals surface area contributed by atoms with Crippen LogP contribution in [0.15, 0.2) is 18.2 Å². The molecule has 0 radical (unpaired) electrons. The summed E-state index contributed by atoms with van der Waals surface area (Å²) < 4.78 is 15.7. The Bertz CT molecular complexity index is 575.